The van der Waals surface area contributed by atoms with Gasteiger partial charge in [0.1, 0.15) is 0 Å². The third-order valence-electron chi connectivity index (χ3n) is 5.74. The second-order valence-corrected chi connectivity index (χ2v) is 9.02. The van der Waals surface area contributed by atoms with Crippen molar-refractivity contribution in [2.45, 2.75) is 19.9 Å². The molecule has 0 radical (unpaired) electrons. The maximum Gasteiger partial charge on any atom is 0.244 e. The molecular weight excluding hydrogens is 414 g/mol. The maximum absolute atomic E-state index is 12.8. The van der Waals surface area contributed by atoms with Gasteiger partial charge >= 0.3 is 0 Å². The van der Waals surface area contributed by atoms with E-state index in [1.165, 1.54) is 0 Å². The fourth-order valence-corrected chi connectivity index (χ4v) is 3.76. The molecule has 6 nitrogen and oxygen atoms in total. The minimum Gasteiger partial charge on any atom is -0.493 e. The Labute approximate surface area is 198 Å². The summed E-state index contributed by atoms with van der Waals surface area (Å²) < 4.78 is 11.3. The lowest BCUT2D eigenvalue weighted by Gasteiger charge is -2.34. The summed E-state index contributed by atoms with van der Waals surface area (Å²) in [4.78, 5) is 17.6. The van der Waals surface area contributed by atoms with Crippen LogP contribution in [0.2, 0.25) is 0 Å². The minimum absolute atomic E-state index is 0.0619. The van der Waals surface area contributed by atoms with E-state index >= 15 is 0 Å². The van der Waals surface area contributed by atoms with Gasteiger partial charge in [0.15, 0.2) is 11.5 Å². The molecule has 0 aromatic heterocycles. The lowest BCUT2D eigenvalue weighted by Crippen LogP contribution is -2.47. The number of carbonyl (C=O) groups excluding carboxylic acids is 1. The van der Waals surface area contributed by atoms with E-state index in [0.29, 0.717) is 24.0 Å². The highest BCUT2D eigenvalue weighted by Crippen LogP contribution is 2.29. The fourth-order valence-electron chi connectivity index (χ4n) is 3.76. The van der Waals surface area contributed by atoms with Gasteiger partial charge in [-0.3, -0.25) is 9.69 Å². The van der Waals surface area contributed by atoms with Crippen LogP contribution in [0.1, 0.15) is 31.0 Å². The summed E-state index contributed by atoms with van der Waals surface area (Å²) >= 11 is 0. The zero-order valence-corrected chi connectivity index (χ0v) is 20.3. The van der Waals surface area contributed by atoms with E-state index in [2.05, 4.69) is 48.1 Å². The zero-order valence-electron chi connectivity index (χ0n) is 20.3. The van der Waals surface area contributed by atoms with E-state index in [1.54, 1.807) is 13.2 Å². The van der Waals surface area contributed by atoms with Crippen molar-refractivity contribution in [3.8, 4) is 11.5 Å². The van der Waals surface area contributed by atoms with E-state index in [4.69, 9.17) is 9.47 Å². The van der Waals surface area contributed by atoms with Gasteiger partial charge in [0.25, 0.3) is 0 Å². The molecule has 1 amide bonds. The monoisotopic (exact) mass is 451 g/mol. The molecule has 0 aliphatic carbocycles. The molecule has 1 aliphatic heterocycles. The van der Waals surface area contributed by atoms with Crippen LogP contribution < -0.4 is 14.8 Å². The number of rotatable bonds is 10. The highest BCUT2D eigenvalue weighted by molar-refractivity contribution is 5.92. The Bertz CT molecular complexity index is 906. The molecular formula is C27H37N3O3. The lowest BCUT2D eigenvalue weighted by atomic mass is 10.1. The fraction of sp³-hybridized carbons (Fsp3) is 0.444. The number of nitrogens with zero attached hydrogens (tertiary/aromatic N) is 2. The van der Waals surface area contributed by atoms with Crippen molar-refractivity contribution < 1.29 is 14.3 Å². The first kappa shape index (κ1) is 24.8. The average molecular weight is 452 g/mol. The Morgan fingerprint density at radius 3 is 2.45 bits per heavy atom. The van der Waals surface area contributed by atoms with Crippen molar-refractivity contribution >= 4 is 12.0 Å². The number of nitrogens with one attached hydrogen (secondary N) is 1. The molecule has 3 rings (SSSR count). The topological polar surface area (TPSA) is 54.0 Å². The van der Waals surface area contributed by atoms with Crippen molar-refractivity contribution in [3.05, 3.63) is 65.7 Å². The summed E-state index contributed by atoms with van der Waals surface area (Å²) in [5, 5.41) is 3.20. The molecule has 1 atom stereocenters. The number of carbonyl (C=O) groups is 1. The van der Waals surface area contributed by atoms with Crippen molar-refractivity contribution in [3.63, 3.8) is 0 Å². The Balaban J connectivity index is 1.65. The van der Waals surface area contributed by atoms with E-state index < -0.39 is 0 Å². The third kappa shape index (κ3) is 7.91. The van der Waals surface area contributed by atoms with Crippen LogP contribution in [-0.4, -0.2) is 69.2 Å². The predicted octanol–water partition coefficient (Wildman–Crippen LogP) is 3.85. The van der Waals surface area contributed by atoms with Gasteiger partial charge in [-0.15, -0.1) is 0 Å². The highest BCUT2D eigenvalue weighted by Gasteiger charge is 2.20. The van der Waals surface area contributed by atoms with Crippen LogP contribution >= 0.6 is 0 Å². The Kier molecular flexibility index (Phi) is 9.34. The SMILES string of the molecule is COc1cc(/C=C/C(=O)NC(CN2CCN(C)CC2)c2ccccc2)ccc1OCC(C)C. The van der Waals surface area contributed by atoms with Crippen LogP contribution in [0.5, 0.6) is 11.5 Å². The molecule has 1 fully saturated rings. The Hall–Kier alpha value is -2.83. The number of ether oxygens (including phenoxy) is 2. The van der Waals surface area contributed by atoms with E-state index in [1.807, 2.05) is 42.5 Å². The van der Waals surface area contributed by atoms with E-state index in [-0.39, 0.29) is 11.9 Å². The van der Waals surface area contributed by atoms with Gasteiger partial charge in [-0.25, -0.2) is 0 Å². The molecule has 33 heavy (non-hydrogen) atoms. The lowest BCUT2D eigenvalue weighted by molar-refractivity contribution is -0.117. The van der Waals surface area contributed by atoms with Crippen molar-refractivity contribution in [2.24, 2.45) is 5.92 Å². The van der Waals surface area contributed by atoms with E-state index in [0.717, 1.165) is 43.9 Å². The summed E-state index contributed by atoms with van der Waals surface area (Å²) in [5.74, 6) is 1.69. The predicted molar refractivity (Wildman–Crippen MR) is 134 cm³/mol. The molecule has 0 spiro atoms. The number of amides is 1. The van der Waals surface area contributed by atoms with Crippen LogP contribution in [0.25, 0.3) is 6.08 Å². The summed E-state index contributed by atoms with van der Waals surface area (Å²) in [6.45, 7) is 9.76. The first-order chi connectivity index (χ1) is 15.9. The molecule has 1 heterocycles. The van der Waals surface area contributed by atoms with Gasteiger partial charge in [-0.1, -0.05) is 50.2 Å². The number of likely N-dealkylation sites (N-methyl/N-ethyl adjacent to an activating group) is 1. The smallest absolute Gasteiger partial charge is 0.244 e. The summed E-state index contributed by atoms with van der Waals surface area (Å²) in [5.41, 5.74) is 2.00. The molecule has 6 heteroatoms. The second-order valence-electron chi connectivity index (χ2n) is 9.02. The summed E-state index contributed by atoms with van der Waals surface area (Å²) in [6, 6.07) is 15.8. The molecule has 178 valence electrons. The Morgan fingerprint density at radius 2 is 1.79 bits per heavy atom. The first-order valence-corrected chi connectivity index (χ1v) is 11.7. The summed E-state index contributed by atoms with van der Waals surface area (Å²) in [6.07, 6.45) is 3.39. The maximum atomic E-state index is 12.8. The van der Waals surface area contributed by atoms with E-state index in [9.17, 15) is 4.79 Å². The van der Waals surface area contributed by atoms with Crippen LogP contribution in [0.4, 0.5) is 0 Å². The standard InChI is InChI=1S/C27H37N3O3/c1-21(2)20-33-25-12-10-22(18-26(25)32-4)11-13-27(31)28-24(23-8-6-5-7-9-23)19-30-16-14-29(3)15-17-30/h5-13,18,21,24H,14-17,19-20H2,1-4H3,(H,28,31)/b13-11+. The number of benzene rings is 2. The highest BCUT2D eigenvalue weighted by atomic mass is 16.5. The molecule has 1 saturated heterocycles. The minimum atomic E-state index is -0.114. The van der Waals surface area contributed by atoms with Gasteiger partial charge in [0, 0.05) is 38.8 Å². The van der Waals surface area contributed by atoms with Crippen LogP contribution in [0.3, 0.4) is 0 Å². The van der Waals surface area contributed by atoms with Gasteiger partial charge in [-0.2, -0.15) is 0 Å². The molecule has 1 aliphatic rings. The zero-order chi connectivity index (χ0) is 23.6. The van der Waals surface area contributed by atoms with Crippen molar-refractivity contribution in [1.29, 1.82) is 0 Å². The van der Waals surface area contributed by atoms with Crippen LogP contribution in [0.15, 0.2) is 54.6 Å². The van der Waals surface area contributed by atoms with Gasteiger partial charge in [0.2, 0.25) is 5.91 Å². The third-order valence-corrected chi connectivity index (χ3v) is 5.74. The van der Waals surface area contributed by atoms with Crippen LogP contribution in [0, 0.1) is 5.92 Å². The number of methoxy groups -OCH3 is 1. The quantitative estimate of drug-likeness (QED) is 0.556. The molecule has 0 saturated carbocycles. The molecule has 2 aromatic rings. The molecule has 1 unspecified atom stereocenters. The Morgan fingerprint density at radius 1 is 1.06 bits per heavy atom. The average Bonchev–Trinajstić information content (AvgIpc) is 2.83. The largest absolute Gasteiger partial charge is 0.493 e. The van der Waals surface area contributed by atoms with Gasteiger partial charge in [0.05, 0.1) is 19.8 Å². The number of hydrogen-bond donors (Lipinski definition) is 1. The van der Waals surface area contributed by atoms with Crippen LogP contribution in [-0.2, 0) is 4.79 Å². The first-order valence-electron chi connectivity index (χ1n) is 11.7. The molecule has 2 aromatic carbocycles. The normalized spacial score (nSPS) is 16.2. The summed E-state index contributed by atoms with van der Waals surface area (Å²) in [7, 11) is 3.77. The van der Waals surface area contributed by atoms with Crippen molar-refractivity contribution in [2.75, 3.05) is 53.5 Å². The van der Waals surface area contributed by atoms with Crippen molar-refractivity contribution in [1.82, 2.24) is 15.1 Å². The number of piperazine rings is 1. The molecule has 0 bridgehead atoms. The number of hydrogen-bond acceptors (Lipinski definition) is 5. The second kappa shape index (κ2) is 12.4. The van der Waals surface area contributed by atoms with Gasteiger partial charge < -0.3 is 19.7 Å². The molecule has 1 N–H and O–H groups in total. The van der Waals surface area contributed by atoms with Gasteiger partial charge in [-0.05, 0) is 42.3 Å².